The second-order valence-corrected chi connectivity index (χ2v) is 7.31. The van der Waals surface area contributed by atoms with Gasteiger partial charge in [-0.3, -0.25) is 0 Å². The van der Waals surface area contributed by atoms with Gasteiger partial charge in [0.05, 0.1) is 6.61 Å². The van der Waals surface area contributed by atoms with Crippen LogP contribution in [0.2, 0.25) is 0 Å². The van der Waals surface area contributed by atoms with E-state index in [9.17, 15) is 0 Å². The fourth-order valence-electron chi connectivity index (χ4n) is 3.41. The molecule has 0 saturated carbocycles. The minimum Gasteiger partial charge on any atom is -0.492 e. The SMILES string of the molecule is CCc1cc(N(c2ccccc2)C(C)C)cc2c1OCC2(C)C. The largest absolute Gasteiger partial charge is 0.492 e. The highest BCUT2D eigenvalue weighted by Crippen LogP contribution is 2.44. The van der Waals surface area contributed by atoms with Crippen molar-refractivity contribution < 1.29 is 4.74 Å². The van der Waals surface area contributed by atoms with Crippen LogP contribution < -0.4 is 9.64 Å². The summed E-state index contributed by atoms with van der Waals surface area (Å²) in [4.78, 5) is 2.41. The van der Waals surface area contributed by atoms with Gasteiger partial charge in [0.1, 0.15) is 5.75 Å². The molecule has 2 aromatic rings. The first-order valence-electron chi connectivity index (χ1n) is 8.58. The molecule has 0 spiro atoms. The van der Waals surface area contributed by atoms with Crippen LogP contribution in [0.15, 0.2) is 42.5 Å². The minimum atomic E-state index is 0.0780. The summed E-state index contributed by atoms with van der Waals surface area (Å²) in [7, 11) is 0. The average Bonchev–Trinajstić information content (AvgIpc) is 2.83. The van der Waals surface area contributed by atoms with E-state index in [1.54, 1.807) is 0 Å². The summed E-state index contributed by atoms with van der Waals surface area (Å²) in [5.74, 6) is 1.11. The van der Waals surface area contributed by atoms with Gasteiger partial charge in [-0.25, -0.2) is 0 Å². The zero-order chi connectivity index (χ0) is 16.6. The number of ether oxygens (including phenoxy) is 1. The monoisotopic (exact) mass is 309 g/mol. The molecule has 3 rings (SSSR count). The lowest BCUT2D eigenvalue weighted by Gasteiger charge is -2.31. The van der Waals surface area contributed by atoms with Crippen LogP contribution in [0.25, 0.3) is 0 Å². The molecule has 2 nitrogen and oxygen atoms in total. The Bertz CT molecular complexity index is 688. The molecule has 0 aromatic heterocycles. The number of hydrogen-bond acceptors (Lipinski definition) is 2. The molecule has 0 atom stereocenters. The predicted octanol–water partition coefficient (Wildman–Crippen LogP) is 5.47. The van der Waals surface area contributed by atoms with E-state index < -0.39 is 0 Å². The molecule has 0 unspecified atom stereocenters. The van der Waals surface area contributed by atoms with Crippen LogP contribution in [0.4, 0.5) is 11.4 Å². The van der Waals surface area contributed by atoms with Crippen LogP contribution >= 0.6 is 0 Å². The first-order valence-corrected chi connectivity index (χ1v) is 8.58. The molecule has 0 amide bonds. The zero-order valence-electron chi connectivity index (χ0n) is 14.9. The number of aryl methyl sites for hydroxylation is 1. The number of hydrogen-bond donors (Lipinski definition) is 0. The molecule has 122 valence electrons. The fraction of sp³-hybridized carbons (Fsp3) is 0.429. The molecule has 0 fully saturated rings. The summed E-state index contributed by atoms with van der Waals surface area (Å²) >= 11 is 0. The lowest BCUT2D eigenvalue weighted by Crippen LogP contribution is -2.26. The third-order valence-electron chi connectivity index (χ3n) is 4.67. The standard InChI is InChI=1S/C21H27NO/c1-6-16-12-18(13-19-20(16)23-14-21(19,4)5)22(15(2)3)17-10-8-7-9-11-17/h7-13,15H,6,14H2,1-5H3. The normalized spacial score (nSPS) is 15.4. The maximum atomic E-state index is 6.02. The minimum absolute atomic E-state index is 0.0780. The molecule has 2 heteroatoms. The second-order valence-electron chi connectivity index (χ2n) is 7.31. The first-order chi connectivity index (χ1) is 10.9. The van der Waals surface area contributed by atoms with Crippen molar-refractivity contribution in [3.05, 3.63) is 53.6 Å². The Kier molecular flexibility index (Phi) is 4.09. The molecule has 2 aromatic carbocycles. The van der Waals surface area contributed by atoms with Crippen molar-refractivity contribution in [2.75, 3.05) is 11.5 Å². The third kappa shape index (κ3) is 2.83. The molecule has 23 heavy (non-hydrogen) atoms. The summed E-state index contributed by atoms with van der Waals surface area (Å²) in [5, 5.41) is 0. The number of benzene rings is 2. The molecule has 0 N–H and O–H groups in total. The van der Waals surface area contributed by atoms with E-state index >= 15 is 0 Å². The molecule has 0 saturated heterocycles. The number of anilines is 2. The summed E-state index contributed by atoms with van der Waals surface area (Å²) in [6.07, 6.45) is 0.993. The van der Waals surface area contributed by atoms with Gasteiger partial charge in [0.25, 0.3) is 0 Å². The Morgan fingerprint density at radius 3 is 2.39 bits per heavy atom. The van der Waals surface area contributed by atoms with Crippen LogP contribution in [-0.4, -0.2) is 12.6 Å². The Morgan fingerprint density at radius 1 is 1.09 bits per heavy atom. The van der Waals surface area contributed by atoms with Crippen LogP contribution in [0, 0.1) is 0 Å². The van der Waals surface area contributed by atoms with Gasteiger partial charge in [0, 0.05) is 28.4 Å². The summed E-state index contributed by atoms with van der Waals surface area (Å²) in [5.41, 5.74) is 5.23. The summed E-state index contributed by atoms with van der Waals surface area (Å²) in [6, 6.07) is 15.7. The van der Waals surface area contributed by atoms with Gasteiger partial charge in [-0.15, -0.1) is 0 Å². The maximum absolute atomic E-state index is 6.02. The van der Waals surface area contributed by atoms with E-state index in [2.05, 4.69) is 82.0 Å². The van der Waals surface area contributed by atoms with Gasteiger partial charge in [-0.05, 0) is 50.1 Å². The number of fused-ring (bicyclic) bond motifs is 1. The van der Waals surface area contributed by atoms with Gasteiger partial charge < -0.3 is 9.64 Å². The molecular weight excluding hydrogens is 282 g/mol. The highest BCUT2D eigenvalue weighted by atomic mass is 16.5. The van der Waals surface area contributed by atoms with E-state index in [0.717, 1.165) is 18.8 Å². The van der Waals surface area contributed by atoms with E-state index in [-0.39, 0.29) is 5.41 Å². The van der Waals surface area contributed by atoms with Crippen molar-refractivity contribution in [1.29, 1.82) is 0 Å². The molecule has 1 aliphatic heterocycles. The van der Waals surface area contributed by atoms with Crippen molar-refractivity contribution >= 4 is 11.4 Å². The fourth-order valence-corrected chi connectivity index (χ4v) is 3.41. The van der Waals surface area contributed by atoms with Crippen molar-refractivity contribution in [3.8, 4) is 5.75 Å². The number of rotatable bonds is 4. The topological polar surface area (TPSA) is 12.5 Å². The van der Waals surface area contributed by atoms with Gasteiger partial charge in [0.15, 0.2) is 0 Å². The van der Waals surface area contributed by atoms with E-state index in [4.69, 9.17) is 4.74 Å². The van der Waals surface area contributed by atoms with Gasteiger partial charge >= 0.3 is 0 Å². The average molecular weight is 309 g/mol. The van der Waals surface area contributed by atoms with Crippen LogP contribution in [0.5, 0.6) is 5.75 Å². The molecule has 0 aliphatic carbocycles. The Labute approximate surface area is 140 Å². The highest BCUT2D eigenvalue weighted by Gasteiger charge is 2.34. The third-order valence-corrected chi connectivity index (χ3v) is 4.67. The lowest BCUT2D eigenvalue weighted by atomic mass is 9.85. The highest BCUT2D eigenvalue weighted by molar-refractivity contribution is 5.69. The van der Waals surface area contributed by atoms with Crippen LogP contribution in [-0.2, 0) is 11.8 Å². The van der Waals surface area contributed by atoms with Crippen molar-refractivity contribution in [1.82, 2.24) is 0 Å². The Morgan fingerprint density at radius 2 is 1.78 bits per heavy atom. The quantitative estimate of drug-likeness (QED) is 0.743. The second kappa shape index (κ2) is 5.92. The van der Waals surface area contributed by atoms with Gasteiger partial charge in [-0.2, -0.15) is 0 Å². The van der Waals surface area contributed by atoms with Crippen LogP contribution in [0.1, 0.15) is 45.7 Å². The summed E-state index contributed by atoms with van der Waals surface area (Å²) in [6.45, 7) is 12.0. The molecular formula is C21H27NO. The Balaban J connectivity index is 2.15. The van der Waals surface area contributed by atoms with E-state index in [0.29, 0.717) is 6.04 Å². The maximum Gasteiger partial charge on any atom is 0.126 e. The van der Waals surface area contributed by atoms with Crippen LogP contribution in [0.3, 0.4) is 0 Å². The summed E-state index contributed by atoms with van der Waals surface area (Å²) < 4.78 is 6.02. The van der Waals surface area contributed by atoms with E-state index in [1.807, 2.05) is 0 Å². The smallest absolute Gasteiger partial charge is 0.126 e. The molecule has 1 aliphatic rings. The van der Waals surface area contributed by atoms with Crippen molar-refractivity contribution in [2.24, 2.45) is 0 Å². The molecule has 0 bridgehead atoms. The predicted molar refractivity (Wildman–Crippen MR) is 98.1 cm³/mol. The molecule has 1 heterocycles. The molecule has 0 radical (unpaired) electrons. The first kappa shape index (κ1) is 15.9. The number of para-hydroxylation sites is 1. The van der Waals surface area contributed by atoms with E-state index in [1.165, 1.54) is 22.5 Å². The lowest BCUT2D eigenvalue weighted by molar-refractivity contribution is 0.289. The van der Waals surface area contributed by atoms with Crippen molar-refractivity contribution in [2.45, 2.75) is 52.5 Å². The zero-order valence-corrected chi connectivity index (χ0v) is 14.9. The number of nitrogens with zero attached hydrogens (tertiary/aromatic N) is 1. The van der Waals surface area contributed by atoms with Crippen molar-refractivity contribution in [3.63, 3.8) is 0 Å². The Hall–Kier alpha value is -1.96. The van der Waals surface area contributed by atoms with Gasteiger partial charge in [0.2, 0.25) is 0 Å². The van der Waals surface area contributed by atoms with Gasteiger partial charge in [-0.1, -0.05) is 39.0 Å².